The molecule has 0 aromatic heterocycles. The molecule has 1 aromatic carbocycles. The minimum absolute atomic E-state index is 0.0909. The summed E-state index contributed by atoms with van der Waals surface area (Å²) in [4.78, 5) is 11.2. The summed E-state index contributed by atoms with van der Waals surface area (Å²) in [7, 11) is 0. The van der Waals surface area contributed by atoms with Crippen LogP contribution in [0.15, 0.2) is 24.3 Å². The summed E-state index contributed by atoms with van der Waals surface area (Å²) in [6.07, 6.45) is 2.08. The summed E-state index contributed by atoms with van der Waals surface area (Å²) in [6.45, 7) is 2.09. The molecule has 0 aliphatic carbocycles. The Morgan fingerprint density at radius 1 is 1.25 bits per heavy atom. The molecule has 1 rings (SSSR count). The first-order chi connectivity index (χ1) is 7.76. The molecule has 3 nitrogen and oxygen atoms in total. The van der Waals surface area contributed by atoms with Gasteiger partial charge in [-0.25, -0.2) is 0 Å². The average Bonchev–Trinajstić information content (AvgIpc) is 2.34. The fourth-order valence-corrected chi connectivity index (χ4v) is 1.42. The maximum absolute atomic E-state index is 11.2. The topological polar surface area (TPSA) is 46.5 Å². The van der Waals surface area contributed by atoms with Gasteiger partial charge in [-0.1, -0.05) is 31.2 Å². The normalized spacial score (nSPS) is 10.1. The lowest BCUT2D eigenvalue weighted by Gasteiger charge is -2.03. The predicted octanol–water partition coefficient (Wildman–Crippen LogP) is 1.72. The lowest BCUT2D eigenvalue weighted by Crippen LogP contribution is -2.09. The van der Waals surface area contributed by atoms with Gasteiger partial charge in [-0.15, -0.1) is 0 Å². The van der Waals surface area contributed by atoms with E-state index in [4.69, 9.17) is 9.84 Å². The van der Waals surface area contributed by atoms with Crippen molar-refractivity contribution in [2.45, 2.75) is 26.2 Å². The molecule has 0 atom stereocenters. The maximum atomic E-state index is 11.2. The first-order valence-electron chi connectivity index (χ1n) is 5.60. The second-order valence-corrected chi connectivity index (χ2v) is 3.61. The van der Waals surface area contributed by atoms with Crippen LogP contribution in [-0.4, -0.2) is 24.3 Å². The van der Waals surface area contributed by atoms with Gasteiger partial charge >= 0.3 is 5.97 Å². The van der Waals surface area contributed by atoms with Crippen molar-refractivity contribution in [2.75, 3.05) is 13.2 Å². The van der Waals surface area contributed by atoms with Gasteiger partial charge < -0.3 is 9.84 Å². The zero-order valence-corrected chi connectivity index (χ0v) is 9.61. The number of hydrogen-bond donors (Lipinski definition) is 1. The highest BCUT2D eigenvalue weighted by molar-refractivity contribution is 5.69. The van der Waals surface area contributed by atoms with Crippen LogP contribution in [0, 0.1) is 0 Å². The molecule has 1 aromatic rings. The van der Waals surface area contributed by atoms with Crippen LogP contribution in [0.5, 0.6) is 0 Å². The van der Waals surface area contributed by atoms with Crippen molar-refractivity contribution in [3.63, 3.8) is 0 Å². The number of aryl methyl sites for hydroxylation is 2. The fourth-order valence-electron chi connectivity index (χ4n) is 1.42. The van der Waals surface area contributed by atoms with Gasteiger partial charge in [0.1, 0.15) is 6.61 Å². The third kappa shape index (κ3) is 4.45. The zero-order valence-electron chi connectivity index (χ0n) is 9.61. The van der Waals surface area contributed by atoms with Crippen molar-refractivity contribution < 1.29 is 14.6 Å². The first-order valence-corrected chi connectivity index (χ1v) is 5.60. The first kappa shape index (κ1) is 12.7. The quantitative estimate of drug-likeness (QED) is 0.745. The number of carbonyl (C=O) groups excluding carboxylic acids is 1. The van der Waals surface area contributed by atoms with Gasteiger partial charge in [0.15, 0.2) is 0 Å². The van der Waals surface area contributed by atoms with E-state index in [0.29, 0.717) is 12.8 Å². The Morgan fingerprint density at radius 2 is 1.88 bits per heavy atom. The van der Waals surface area contributed by atoms with E-state index in [1.165, 1.54) is 5.56 Å². The van der Waals surface area contributed by atoms with Crippen LogP contribution in [0.1, 0.15) is 24.5 Å². The number of rotatable bonds is 6. The van der Waals surface area contributed by atoms with E-state index in [-0.39, 0.29) is 19.2 Å². The third-order valence-corrected chi connectivity index (χ3v) is 2.40. The molecule has 3 heteroatoms. The number of esters is 1. The molecule has 0 saturated heterocycles. The summed E-state index contributed by atoms with van der Waals surface area (Å²) < 4.78 is 4.77. The number of ether oxygens (including phenoxy) is 1. The van der Waals surface area contributed by atoms with Gasteiger partial charge in [0.2, 0.25) is 0 Å². The highest BCUT2D eigenvalue weighted by Gasteiger charge is 2.03. The van der Waals surface area contributed by atoms with E-state index >= 15 is 0 Å². The van der Waals surface area contributed by atoms with Crippen LogP contribution in [0.25, 0.3) is 0 Å². The molecule has 0 bridgehead atoms. The van der Waals surface area contributed by atoms with Crippen molar-refractivity contribution in [1.82, 2.24) is 0 Å². The van der Waals surface area contributed by atoms with Gasteiger partial charge in [0.25, 0.3) is 0 Å². The second-order valence-electron chi connectivity index (χ2n) is 3.61. The Kier molecular flexibility index (Phi) is 5.57. The smallest absolute Gasteiger partial charge is 0.306 e. The summed E-state index contributed by atoms with van der Waals surface area (Å²) >= 11 is 0. The molecule has 0 aliphatic rings. The Labute approximate surface area is 96.1 Å². The van der Waals surface area contributed by atoms with Crippen LogP contribution in [-0.2, 0) is 22.4 Å². The molecule has 0 amide bonds. The molecule has 0 aliphatic heterocycles. The van der Waals surface area contributed by atoms with Crippen LogP contribution < -0.4 is 0 Å². The Morgan fingerprint density at radius 3 is 2.44 bits per heavy atom. The van der Waals surface area contributed by atoms with E-state index in [9.17, 15) is 4.79 Å². The van der Waals surface area contributed by atoms with Crippen LogP contribution in [0.3, 0.4) is 0 Å². The second kappa shape index (κ2) is 7.01. The van der Waals surface area contributed by atoms with Crippen LogP contribution >= 0.6 is 0 Å². The lowest BCUT2D eigenvalue weighted by atomic mass is 10.1. The number of carbonyl (C=O) groups is 1. The Hall–Kier alpha value is -1.35. The molecule has 1 N–H and O–H groups in total. The Balaban J connectivity index is 2.33. The maximum Gasteiger partial charge on any atom is 0.306 e. The molecule has 0 saturated carbocycles. The average molecular weight is 222 g/mol. The summed E-state index contributed by atoms with van der Waals surface area (Å²) in [5, 5.41) is 8.48. The minimum atomic E-state index is -0.256. The van der Waals surface area contributed by atoms with E-state index in [1.54, 1.807) is 0 Å². The molecular formula is C13H18O3. The number of aliphatic hydroxyl groups excluding tert-OH is 1. The molecule has 0 heterocycles. The fraction of sp³-hybridized carbons (Fsp3) is 0.462. The largest absolute Gasteiger partial charge is 0.463 e. The Bertz CT molecular complexity index is 316. The van der Waals surface area contributed by atoms with Crippen molar-refractivity contribution in [1.29, 1.82) is 0 Å². The number of aliphatic hydroxyl groups is 1. The monoisotopic (exact) mass is 222 g/mol. The van der Waals surface area contributed by atoms with E-state index in [0.717, 1.165) is 12.0 Å². The number of hydrogen-bond acceptors (Lipinski definition) is 3. The van der Waals surface area contributed by atoms with Gasteiger partial charge in [0, 0.05) is 6.42 Å². The third-order valence-electron chi connectivity index (χ3n) is 2.40. The SMILES string of the molecule is CCc1ccc(CCC(=O)OCCO)cc1. The van der Waals surface area contributed by atoms with Gasteiger partial charge in [-0.3, -0.25) is 4.79 Å². The van der Waals surface area contributed by atoms with Crippen molar-refractivity contribution in [2.24, 2.45) is 0 Å². The van der Waals surface area contributed by atoms with Crippen LogP contribution in [0.2, 0.25) is 0 Å². The van der Waals surface area contributed by atoms with E-state index in [2.05, 4.69) is 19.1 Å². The van der Waals surface area contributed by atoms with Crippen molar-refractivity contribution >= 4 is 5.97 Å². The van der Waals surface area contributed by atoms with Gasteiger partial charge in [-0.05, 0) is 24.0 Å². The molecule has 0 radical (unpaired) electrons. The molecule has 0 unspecified atom stereocenters. The van der Waals surface area contributed by atoms with Crippen molar-refractivity contribution in [3.05, 3.63) is 35.4 Å². The van der Waals surface area contributed by atoms with Crippen LogP contribution in [0.4, 0.5) is 0 Å². The summed E-state index contributed by atoms with van der Waals surface area (Å²) in [5.41, 5.74) is 2.43. The zero-order chi connectivity index (χ0) is 11.8. The van der Waals surface area contributed by atoms with E-state index < -0.39 is 0 Å². The molecule has 88 valence electrons. The van der Waals surface area contributed by atoms with Gasteiger partial charge in [-0.2, -0.15) is 0 Å². The molecule has 16 heavy (non-hydrogen) atoms. The highest BCUT2D eigenvalue weighted by atomic mass is 16.5. The summed E-state index contributed by atoms with van der Waals surface area (Å²) in [6, 6.07) is 8.24. The number of benzene rings is 1. The molecular weight excluding hydrogens is 204 g/mol. The highest BCUT2D eigenvalue weighted by Crippen LogP contribution is 2.07. The lowest BCUT2D eigenvalue weighted by molar-refractivity contribution is -0.144. The molecule has 0 spiro atoms. The predicted molar refractivity (Wildman–Crippen MR) is 62.2 cm³/mol. The van der Waals surface area contributed by atoms with Gasteiger partial charge in [0.05, 0.1) is 6.61 Å². The standard InChI is InChI=1S/C13H18O3/c1-2-11-3-5-12(6-4-11)7-8-13(15)16-10-9-14/h3-6,14H,2,7-10H2,1H3. The summed E-state index contributed by atoms with van der Waals surface area (Å²) in [5.74, 6) is -0.256. The van der Waals surface area contributed by atoms with Crippen molar-refractivity contribution in [3.8, 4) is 0 Å². The van der Waals surface area contributed by atoms with E-state index in [1.807, 2.05) is 12.1 Å². The molecule has 0 fully saturated rings. The minimum Gasteiger partial charge on any atom is -0.463 e.